The Morgan fingerprint density at radius 2 is 2.19 bits per heavy atom. The Hall–Kier alpha value is -2.03. The fraction of sp³-hybridized carbons (Fsp3) is 0.154. The van der Waals surface area contributed by atoms with Gasteiger partial charge in [-0.3, -0.25) is 4.79 Å². The third-order valence-corrected chi connectivity index (χ3v) is 2.36. The molecule has 1 aromatic heterocycles. The minimum absolute atomic E-state index is 0.642. The summed E-state index contributed by atoms with van der Waals surface area (Å²) in [6, 6.07) is 9.19. The maximum Gasteiger partial charge on any atom is 0.159 e. The van der Waals surface area contributed by atoms with Crippen LogP contribution in [0.4, 0.5) is 0 Å². The van der Waals surface area contributed by atoms with Gasteiger partial charge in [0.1, 0.15) is 6.29 Å². The highest BCUT2D eigenvalue weighted by molar-refractivity contribution is 5.77. The lowest BCUT2D eigenvalue weighted by Crippen LogP contribution is -1.93. The molecule has 0 atom stereocenters. The number of hydrogen-bond acceptors (Lipinski definition) is 3. The predicted molar refractivity (Wildman–Crippen MR) is 62.2 cm³/mol. The van der Waals surface area contributed by atoms with E-state index in [1.165, 1.54) is 0 Å². The molecule has 80 valence electrons. The van der Waals surface area contributed by atoms with E-state index in [0.717, 1.165) is 24.0 Å². The molecule has 0 N–H and O–H groups in total. The van der Waals surface area contributed by atoms with E-state index in [9.17, 15) is 4.79 Å². The molecule has 1 aromatic carbocycles. The van der Waals surface area contributed by atoms with Gasteiger partial charge in [-0.1, -0.05) is 25.1 Å². The summed E-state index contributed by atoms with van der Waals surface area (Å²) in [5, 5.41) is 0. The molecule has 0 spiro atoms. The van der Waals surface area contributed by atoms with Crippen molar-refractivity contribution < 1.29 is 4.79 Å². The summed E-state index contributed by atoms with van der Waals surface area (Å²) in [5.74, 6) is 0.669. The lowest BCUT2D eigenvalue weighted by Gasteiger charge is -2.02. The SMILES string of the molecule is CCc1ccnc(-c2cccc(C=O)c2)n1. The molecule has 3 nitrogen and oxygen atoms in total. The van der Waals surface area contributed by atoms with Gasteiger partial charge in [0.15, 0.2) is 5.82 Å². The number of aromatic nitrogens is 2. The van der Waals surface area contributed by atoms with Crippen LogP contribution < -0.4 is 0 Å². The Kier molecular flexibility index (Phi) is 3.05. The Balaban J connectivity index is 2.45. The van der Waals surface area contributed by atoms with Crippen molar-refractivity contribution in [2.24, 2.45) is 0 Å². The van der Waals surface area contributed by atoms with Crippen LogP contribution in [0.2, 0.25) is 0 Å². The first-order valence-electron chi connectivity index (χ1n) is 5.21. The number of rotatable bonds is 3. The maximum absolute atomic E-state index is 10.7. The second kappa shape index (κ2) is 4.66. The third-order valence-electron chi connectivity index (χ3n) is 2.36. The van der Waals surface area contributed by atoms with Gasteiger partial charge in [-0.05, 0) is 18.6 Å². The molecule has 0 saturated heterocycles. The Morgan fingerprint density at radius 3 is 2.94 bits per heavy atom. The zero-order chi connectivity index (χ0) is 11.4. The van der Waals surface area contributed by atoms with Crippen LogP contribution in [-0.4, -0.2) is 16.3 Å². The van der Waals surface area contributed by atoms with Crippen LogP contribution in [0.5, 0.6) is 0 Å². The van der Waals surface area contributed by atoms with Gasteiger partial charge in [-0.25, -0.2) is 9.97 Å². The highest BCUT2D eigenvalue weighted by Crippen LogP contribution is 2.15. The van der Waals surface area contributed by atoms with Gasteiger partial charge in [0.25, 0.3) is 0 Å². The van der Waals surface area contributed by atoms with Crippen LogP contribution >= 0.6 is 0 Å². The Morgan fingerprint density at radius 1 is 1.31 bits per heavy atom. The lowest BCUT2D eigenvalue weighted by molar-refractivity contribution is 0.112. The third kappa shape index (κ3) is 2.14. The summed E-state index contributed by atoms with van der Waals surface area (Å²) < 4.78 is 0. The largest absolute Gasteiger partial charge is 0.298 e. The van der Waals surface area contributed by atoms with Crippen LogP contribution in [0.25, 0.3) is 11.4 Å². The number of aryl methyl sites for hydroxylation is 1. The molecule has 0 fully saturated rings. The summed E-state index contributed by atoms with van der Waals surface area (Å²) >= 11 is 0. The minimum Gasteiger partial charge on any atom is -0.298 e. The van der Waals surface area contributed by atoms with Gasteiger partial charge in [-0.2, -0.15) is 0 Å². The minimum atomic E-state index is 0.642. The van der Waals surface area contributed by atoms with E-state index in [1.54, 1.807) is 18.3 Å². The van der Waals surface area contributed by atoms with Crippen molar-refractivity contribution in [2.75, 3.05) is 0 Å². The van der Waals surface area contributed by atoms with Crippen molar-refractivity contribution in [1.29, 1.82) is 0 Å². The average molecular weight is 212 g/mol. The average Bonchev–Trinajstić information content (AvgIpc) is 2.39. The molecule has 2 aromatic rings. The van der Waals surface area contributed by atoms with Crippen molar-refractivity contribution in [3.05, 3.63) is 47.8 Å². The second-order valence-corrected chi connectivity index (χ2v) is 3.47. The van der Waals surface area contributed by atoms with Gasteiger partial charge in [0, 0.05) is 23.0 Å². The van der Waals surface area contributed by atoms with Crippen molar-refractivity contribution >= 4 is 6.29 Å². The molecule has 1 heterocycles. The Labute approximate surface area is 94.2 Å². The summed E-state index contributed by atoms with van der Waals surface area (Å²) in [6.07, 6.45) is 3.45. The molecule has 3 heteroatoms. The molecule has 0 aliphatic heterocycles. The number of carbonyl (C=O) groups is 1. The van der Waals surface area contributed by atoms with Crippen LogP contribution in [0.3, 0.4) is 0 Å². The zero-order valence-electron chi connectivity index (χ0n) is 9.05. The van der Waals surface area contributed by atoms with Gasteiger partial charge < -0.3 is 0 Å². The Bertz CT molecular complexity index is 509. The molecular weight excluding hydrogens is 200 g/mol. The van der Waals surface area contributed by atoms with Crippen LogP contribution in [-0.2, 0) is 6.42 Å². The number of nitrogens with zero attached hydrogens (tertiary/aromatic N) is 2. The van der Waals surface area contributed by atoms with E-state index in [4.69, 9.17) is 0 Å². The van der Waals surface area contributed by atoms with Crippen molar-refractivity contribution in [3.8, 4) is 11.4 Å². The van der Waals surface area contributed by atoms with E-state index in [1.807, 2.05) is 25.1 Å². The molecule has 0 saturated carbocycles. The lowest BCUT2D eigenvalue weighted by atomic mass is 10.1. The van der Waals surface area contributed by atoms with E-state index >= 15 is 0 Å². The van der Waals surface area contributed by atoms with E-state index in [-0.39, 0.29) is 0 Å². The highest BCUT2D eigenvalue weighted by atomic mass is 16.1. The molecule has 0 bridgehead atoms. The summed E-state index contributed by atoms with van der Waals surface area (Å²) in [7, 11) is 0. The first-order valence-corrected chi connectivity index (χ1v) is 5.21. The van der Waals surface area contributed by atoms with Crippen LogP contribution in [0.1, 0.15) is 23.0 Å². The summed E-state index contributed by atoms with van der Waals surface area (Å²) in [6.45, 7) is 2.05. The van der Waals surface area contributed by atoms with E-state index in [2.05, 4.69) is 9.97 Å². The first-order chi connectivity index (χ1) is 7.83. The van der Waals surface area contributed by atoms with Gasteiger partial charge in [0.2, 0.25) is 0 Å². The molecule has 0 amide bonds. The van der Waals surface area contributed by atoms with Crippen molar-refractivity contribution in [3.63, 3.8) is 0 Å². The summed E-state index contributed by atoms with van der Waals surface area (Å²) in [5.41, 5.74) is 2.52. The second-order valence-electron chi connectivity index (χ2n) is 3.47. The van der Waals surface area contributed by atoms with Crippen molar-refractivity contribution in [2.45, 2.75) is 13.3 Å². The van der Waals surface area contributed by atoms with E-state index in [0.29, 0.717) is 11.4 Å². The number of aldehydes is 1. The van der Waals surface area contributed by atoms with Gasteiger partial charge in [-0.15, -0.1) is 0 Å². The normalized spacial score (nSPS) is 10.1. The fourth-order valence-corrected chi connectivity index (χ4v) is 1.48. The maximum atomic E-state index is 10.7. The smallest absolute Gasteiger partial charge is 0.159 e. The molecule has 0 unspecified atom stereocenters. The summed E-state index contributed by atoms with van der Waals surface area (Å²) in [4.78, 5) is 19.3. The highest BCUT2D eigenvalue weighted by Gasteiger charge is 2.02. The fourth-order valence-electron chi connectivity index (χ4n) is 1.48. The monoisotopic (exact) mass is 212 g/mol. The molecule has 2 rings (SSSR count). The number of hydrogen-bond donors (Lipinski definition) is 0. The molecule has 0 aliphatic carbocycles. The number of carbonyl (C=O) groups excluding carboxylic acids is 1. The topological polar surface area (TPSA) is 42.9 Å². The molecule has 0 aliphatic rings. The molecular formula is C13H12N2O. The van der Waals surface area contributed by atoms with Crippen molar-refractivity contribution in [1.82, 2.24) is 9.97 Å². The molecule has 16 heavy (non-hydrogen) atoms. The standard InChI is InChI=1S/C13H12N2O/c1-2-12-6-7-14-13(15-12)11-5-3-4-10(8-11)9-16/h3-9H,2H2,1H3. The van der Waals surface area contributed by atoms with Gasteiger partial charge >= 0.3 is 0 Å². The number of benzene rings is 1. The van der Waals surface area contributed by atoms with Gasteiger partial charge in [0.05, 0.1) is 0 Å². The predicted octanol–water partition coefficient (Wildman–Crippen LogP) is 2.52. The van der Waals surface area contributed by atoms with Crippen LogP contribution in [0.15, 0.2) is 36.5 Å². The quantitative estimate of drug-likeness (QED) is 0.734. The van der Waals surface area contributed by atoms with E-state index < -0.39 is 0 Å². The molecule has 0 radical (unpaired) electrons. The zero-order valence-corrected chi connectivity index (χ0v) is 9.05. The first kappa shape index (κ1) is 10.5. The van der Waals surface area contributed by atoms with Crippen LogP contribution in [0, 0.1) is 0 Å².